The van der Waals surface area contributed by atoms with E-state index in [2.05, 4.69) is 267 Å². The summed E-state index contributed by atoms with van der Waals surface area (Å²) in [6, 6.07) is 94.4. The summed E-state index contributed by atoms with van der Waals surface area (Å²) >= 11 is 1.88. The number of thiophene rings is 1. The second kappa shape index (κ2) is 15.6. The molecule has 2 heterocycles. The molecule has 2 nitrogen and oxygen atoms in total. The number of fused-ring (bicyclic) bond motifs is 12. The SMILES string of the molecule is CC1(c2c(N(c3ccc(-c4cccc5c4sc4ccccc45)cc3)c3ccc4c(c3)C(c3ccccc3)(c3ccccc3)c3ccccc3-4)ccc3c2oc2ccccc23)c2ccccc2-c2ccccc21. The van der Waals surface area contributed by atoms with Crippen molar-refractivity contribution >= 4 is 70.5 Å². The van der Waals surface area contributed by atoms with Crippen molar-refractivity contribution in [3.63, 3.8) is 0 Å². The molecule has 0 saturated carbocycles. The predicted molar refractivity (Wildman–Crippen MR) is 301 cm³/mol. The molecule has 0 atom stereocenters. The third kappa shape index (κ3) is 5.65. The first-order chi connectivity index (χ1) is 35.6. The summed E-state index contributed by atoms with van der Waals surface area (Å²) < 4.78 is 9.85. The van der Waals surface area contributed by atoms with E-state index in [0.29, 0.717) is 0 Å². The van der Waals surface area contributed by atoms with Gasteiger partial charge in [-0.1, -0.05) is 206 Å². The standard InChI is InChI=1S/C69H45NOS/c1-68(58-30-13-8-23-50(58)51-24-9-14-31-59(51)68)65-62(42-41-56-54-26-11-16-33-63(54)71-66(56)65)70(47-37-35-44(36-38-47)49-28-18-29-57-55-27-12-17-34-64(55)72-67(49)57)48-39-40-53-52-25-10-15-32-60(52)69(61(53)43-48,45-19-4-2-5-20-45)46-21-6-3-7-22-46/h2-43H,1H3. The Bertz CT molecular complexity index is 4210. The summed E-state index contributed by atoms with van der Waals surface area (Å²) in [6.07, 6.45) is 0. The summed E-state index contributed by atoms with van der Waals surface area (Å²) in [7, 11) is 0. The van der Waals surface area contributed by atoms with Crippen LogP contribution in [0, 0.1) is 0 Å². The van der Waals surface area contributed by atoms with E-state index in [1.54, 1.807) is 0 Å². The summed E-state index contributed by atoms with van der Waals surface area (Å²) in [5, 5.41) is 4.82. The molecule has 0 amide bonds. The van der Waals surface area contributed by atoms with Crippen LogP contribution in [0.2, 0.25) is 0 Å². The predicted octanol–water partition coefficient (Wildman–Crippen LogP) is 18.8. The van der Waals surface area contributed by atoms with Gasteiger partial charge in [0.1, 0.15) is 11.2 Å². The molecule has 0 saturated heterocycles. The number of para-hydroxylation sites is 1. The molecule has 15 rings (SSSR count). The Morgan fingerprint density at radius 3 is 1.64 bits per heavy atom. The molecule has 0 fully saturated rings. The highest BCUT2D eigenvalue weighted by atomic mass is 32.1. The largest absolute Gasteiger partial charge is 0.456 e. The van der Waals surface area contributed by atoms with E-state index in [-0.39, 0.29) is 0 Å². The zero-order chi connectivity index (χ0) is 47.5. The molecule has 2 aliphatic rings. The van der Waals surface area contributed by atoms with Gasteiger partial charge in [0, 0.05) is 53.3 Å². The fraction of sp³-hybridized carbons (Fsp3) is 0.0435. The second-order valence-electron chi connectivity index (χ2n) is 19.6. The van der Waals surface area contributed by atoms with Crippen molar-refractivity contribution in [1.29, 1.82) is 0 Å². The van der Waals surface area contributed by atoms with Gasteiger partial charge in [0.05, 0.1) is 11.1 Å². The number of furan rings is 1. The van der Waals surface area contributed by atoms with Gasteiger partial charge in [0.15, 0.2) is 0 Å². The fourth-order valence-corrected chi connectivity index (χ4v) is 14.2. The maximum absolute atomic E-state index is 7.24. The van der Waals surface area contributed by atoms with Crippen LogP contribution in [0.4, 0.5) is 17.1 Å². The number of hydrogen-bond donors (Lipinski definition) is 0. The van der Waals surface area contributed by atoms with Crippen LogP contribution in [0.15, 0.2) is 259 Å². The molecule has 2 aliphatic carbocycles. The first kappa shape index (κ1) is 41.1. The second-order valence-corrected chi connectivity index (χ2v) is 20.6. The molecule has 3 heteroatoms. The highest BCUT2D eigenvalue weighted by molar-refractivity contribution is 7.26. The maximum Gasteiger partial charge on any atom is 0.141 e. The number of hydrogen-bond acceptors (Lipinski definition) is 3. The van der Waals surface area contributed by atoms with Gasteiger partial charge in [0.25, 0.3) is 0 Å². The van der Waals surface area contributed by atoms with Gasteiger partial charge in [-0.3, -0.25) is 0 Å². The molecular weight excluding hydrogens is 891 g/mol. The minimum Gasteiger partial charge on any atom is -0.456 e. The number of anilines is 3. The van der Waals surface area contributed by atoms with Crippen LogP contribution in [0.1, 0.15) is 45.9 Å². The van der Waals surface area contributed by atoms with Crippen molar-refractivity contribution in [2.75, 3.05) is 4.90 Å². The van der Waals surface area contributed by atoms with Crippen molar-refractivity contribution in [3.8, 4) is 33.4 Å². The monoisotopic (exact) mass is 935 g/mol. The van der Waals surface area contributed by atoms with E-state index in [1.807, 2.05) is 11.3 Å². The molecule has 0 unspecified atom stereocenters. The molecule has 338 valence electrons. The Morgan fingerprint density at radius 2 is 0.931 bits per heavy atom. The molecule has 0 radical (unpaired) electrons. The Kier molecular flexibility index (Phi) is 8.91. The number of rotatable bonds is 7. The van der Waals surface area contributed by atoms with E-state index in [4.69, 9.17) is 4.42 Å². The maximum atomic E-state index is 7.24. The molecule has 2 aromatic heterocycles. The highest BCUT2D eigenvalue weighted by Gasteiger charge is 2.48. The average molecular weight is 936 g/mol. The summed E-state index contributed by atoms with van der Waals surface area (Å²) in [4.78, 5) is 2.52. The molecule has 0 N–H and O–H groups in total. The van der Waals surface area contributed by atoms with Crippen molar-refractivity contribution in [2.24, 2.45) is 0 Å². The first-order valence-electron chi connectivity index (χ1n) is 24.9. The smallest absolute Gasteiger partial charge is 0.141 e. The topological polar surface area (TPSA) is 16.4 Å². The zero-order valence-corrected chi connectivity index (χ0v) is 40.3. The molecule has 0 bridgehead atoms. The molecule has 13 aromatic rings. The quantitative estimate of drug-likeness (QED) is 0.158. The van der Waals surface area contributed by atoms with Gasteiger partial charge in [-0.05, 0) is 122 Å². The third-order valence-electron chi connectivity index (χ3n) is 16.0. The van der Waals surface area contributed by atoms with Gasteiger partial charge < -0.3 is 9.32 Å². The van der Waals surface area contributed by atoms with Crippen LogP contribution in [0.3, 0.4) is 0 Å². The summed E-state index contributed by atoms with van der Waals surface area (Å²) in [6.45, 7) is 2.42. The van der Waals surface area contributed by atoms with Crippen LogP contribution in [0.25, 0.3) is 75.5 Å². The van der Waals surface area contributed by atoms with E-state index in [0.717, 1.165) is 44.6 Å². The summed E-state index contributed by atoms with van der Waals surface area (Å²) in [5.74, 6) is 0. The summed E-state index contributed by atoms with van der Waals surface area (Å²) in [5.41, 5.74) is 19.9. The fourth-order valence-electron chi connectivity index (χ4n) is 12.9. The van der Waals surface area contributed by atoms with E-state index in [9.17, 15) is 0 Å². The lowest BCUT2D eigenvalue weighted by Gasteiger charge is -2.37. The third-order valence-corrected chi connectivity index (χ3v) is 17.2. The van der Waals surface area contributed by atoms with Crippen LogP contribution >= 0.6 is 11.3 Å². The van der Waals surface area contributed by atoms with Gasteiger partial charge >= 0.3 is 0 Å². The minimum absolute atomic E-state index is 0.580. The molecule has 0 spiro atoms. The van der Waals surface area contributed by atoms with Crippen LogP contribution in [-0.2, 0) is 10.8 Å². The van der Waals surface area contributed by atoms with Crippen molar-refractivity contribution in [3.05, 3.63) is 294 Å². The zero-order valence-electron chi connectivity index (χ0n) is 39.5. The normalized spacial score (nSPS) is 13.8. The van der Waals surface area contributed by atoms with E-state index in [1.165, 1.54) is 86.9 Å². The van der Waals surface area contributed by atoms with Gasteiger partial charge in [-0.25, -0.2) is 0 Å². The van der Waals surface area contributed by atoms with Crippen LogP contribution in [-0.4, -0.2) is 0 Å². The lowest BCUT2D eigenvalue weighted by atomic mass is 9.67. The van der Waals surface area contributed by atoms with Gasteiger partial charge in [-0.15, -0.1) is 11.3 Å². The van der Waals surface area contributed by atoms with Crippen molar-refractivity contribution in [1.82, 2.24) is 0 Å². The Balaban J connectivity index is 1.03. The lowest BCUT2D eigenvalue weighted by Crippen LogP contribution is -2.29. The Hall–Kier alpha value is -8.76. The molecular formula is C69H45NOS. The Labute approximate surface area is 422 Å². The van der Waals surface area contributed by atoms with Crippen LogP contribution < -0.4 is 4.90 Å². The van der Waals surface area contributed by atoms with E-state index < -0.39 is 10.8 Å². The highest BCUT2D eigenvalue weighted by Crippen LogP contribution is 2.60. The molecule has 72 heavy (non-hydrogen) atoms. The number of nitrogens with zero attached hydrogens (tertiary/aromatic N) is 1. The molecule has 0 aliphatic heterocycles. The first-order valence-corrected chi connectivity index (χ1v) is 25.7. The van der Waals surface area contributed by atoms with Crippen molar-refractivity contribution in [2.45, 2.75) is 17.8 Å². The van der Waals surface area contributed by atoms with Crippen molar-refractivity contribution < 1.29 is 4.42 Å². The van der Waals surface area contributed by atoms with Crippen LogP contribution in [0.5, 0.6) is 0 Å². The van der Waals surface area contributed by atoms with E-state index >= 15 is 0 Å². The Morgan fingerprint density at radius 1 is 0.389 bits per heavy atom. The minimum atomic E-state index is -0.601. The average Bonchev–Trinajstić information content (AvgIpc) is 4.18. The van der Waals surface area contributed by atoms with Gasteiger partial charge in [-0.2, -0.15) is 0 Å². The lowest BCUT2D eigenvalue weighted by molar-refractivity contribution is 0.638. The molecule has 11 aromatic carbocycles. The van der Waals surface area contributed by atoms with Gasteiger partial charge in [0.2, 0.25) is 0 Å². The number of benzene rings is 11.